The van der Waals surface area contributed by atoms with Gasteiger partial charge in [-0.15, -0.1) is 12.4 Å². The Hall–Kier alpha value is -1.47. The zero-order chi connectivity index (χ0) is 19.3. The molecule has 1 aromatic heterocycles. The molecule has 1 aromatic carbocycles. The number of fused-ring (bicyclic) bond motifs is 1. The molecular weight excluding hydrogens is 388 g/mol. The number of aryl methyl sites for hydroxylation is 1. The maximum Gasteiger partial charge on any atom is 0.163 e. The van der Waals surface area contributed by atoms with Gasteiger partial charge in [-0.1, -0.05) is 0 Å². The lowest BCUT2D eigenvalue weighted by atomic mass is 9.98. The lowest BCUT2D eigenvalue weighted by Crippen LogP contribution is -2.36. The minimum Gasteiger partial charge on any atom is -0.379 e. The molecule has 7 heteroatoms. The number of benzene rings is 1. The minimum atomic E-state index is 0. The first-order chi connectivity index (χ1) is 13.7. The topological polar surface area (TPSA) is 59.4 Å². The summed E-state index contributed by atoms with van der Waals surface area (Å²) in [6, 6.07) is 3.98. The van der Waals surface area contributed by atoms with Crippen LogP contribution in [0, 0.1) is 12.8 Å². The summed E-state index contributed by atoms with van der Waals surface area (Å²) in [5.41, 5.74) is 2.93. The lowest BCUT2D eigenvalue weighted by Gasteiger charge is -2.26. The summed E-state index contributed by atoms with van der Waals surface area (Å²) >= 11 is 0. The third-order valence-electron chi connectivity index (χ3n) is 6.19. The van der Waals surface area contributed by atoms with Crippen molar-refractivity contribution in [3.8, 4) is 0 Å². The molecule has 0 saturated carbocycles. The van der Waals surface area contributed by atoms with Crippen molar-refractivity contribution in [2.75, 3.05) is 45.9 Å². The van der Waals surface area contributed by atoms with Crippen molar-refractivity contribution in [3.05, 3.63) is 29.5 Å². The highest BCUT2D eigenvalue weighted by atomic mass is 35.5. The van der Waals surface area contributed by atoms with Crippen molar-refractivity contribution in [2.45, 2.75) is 39.2 Å². The number of nitrogens with zero attached hydrogens (tertiary/aromatic N) is 3. The fourth-order valence-electron chi connectivity index (χ4n) is 4.43. The summed E-state index contributed by atoms with van der Waals surface area (Å²) in [6.07, 6.45) is 6.07. The maximum atomic E-state index is 12.8. The fraction of sp³-hybridized carbons (Fsp3) is 0.636. The standard InChI is InChI=1S/C22H32N4O2.ClH/c1-17-19(22(27)3-2-10-25-11-13-28-14-12-25)4-5-21-20(17)16-26(24-21)15-18-6-8-23-9-7-18;/h4-5,16,18,23H,2-3,6-15H2,1H3;1H. The number of morpholine rings is 1. The van der Waals surface area contributed by atoms with Crippen LogP contribution in [-0.2, 0) is 11.3 Å². The van der Waals surface area contributed by atoms with Crippen molar-refractivity contribution in [1.29, 1.82) is 0 Å². The molecule has 0 radical (unpaired) electrons. The van der Waals surface area contributed by atoms with Gasteiger partial charge >= 0.3 is 0 Å². The number of carbonyl (C=O) groups is 1. The Morgan fingerprint density at radius 1 is 1.24 bits per heavy atom. The van der Waals surface area contributed by atoms with E-state index in [4.69, 9.17) is 9.84 Å². The highest BCUT2D eigenvalue weighted by Gasteiger charge is 2.17. The van der Waals surface area contributed by atoms with Gasteiger partial charge in [-0.2, -0.15) is 5.10 Å². The Labute approximate surface area is 179 Å². The van der Waals surface area contributed by atoms with Crippen molar-refractivity contribution < 1.29 is 9.53 Å². The molecule has 2 saturated heterocycles. The Morgan fingerprint density at radius 2 is 2.00 bits per heavy atom. The van der Waals surface area contributed by atoms with Crippen LogP contribution >= 0.6 is 12.4 Å². The van der Waals surface area contributed by atoms with Gasteiger partial charge in [0.05, 0.1) is 18.7 Å². The van der Waals surface area contributed by atoms with Gasteiger partial charge in [0.15, 0.2) is 5.78 Å². The third kappa shape index (κ3) is 5.57. The Balaban J connectivity index is 0.00000240. The summed E-state index contributed by atoms with van der Waals surface area (Å²) in [5, 5.41) is 9.29. The van der Waals surface area contributed by atoms with E-state index in [1.54, 1.807) is 0 Å². The second-order valence-corrected chi connectivity index (χ2v) is 8.20. The normalized spacial score (nSPS) is 18.7. The second-order valence-electron chi connectivity index (χ2n) is 8.20. The number of ether oxygens (including phenoxy) is 1. The molecule has 0 atom stereocenters. The number of aromatic nitrogens is 2. The first-order valence-corrected chi connectivity index (χ1v) is 10.7. The maximum absolute atomic E-state index is 12.8. The number of Topliss-reactive ketones (excluding diaryl/α,β-unsaturated/α-hetero) is 1. The molecule has 0 unspecified atom stereocenters. The van der Waals surface area contributed by atoms with E-state index in [-0.39, 0.29) is 18.2 Å². The van der Waals surface area contributed by atoms with Crippen molar-refractivity contribution >= 4 is 29.1 Å². The molecule has 0 aliphatic carbocycles. The smallest absolute Gasteiger partial charge is 0.163 e. The van der Waals surface area contributed by atoms with Gasteiger partial charge in [0, 0.05) is 43.2 Å². The van der Waals surface area contributed by atoms with E-state index in [1.165, 1.54) is 12.8 Å². The number of rotatable bonds is 7. The minimum absolute atomic E-state index is 0. The van der Waals surface area contributed by atoms with Crippen LogP contribution in [0.2, 0.25) is 0 Å². The summed E-state index contributed by atoms with van der Waals surface area (Å²) < 4.78 is 7.47. The number of halogens is 1. The zero-order valence-electron chi connectivity index (χ0n) is 17.4. The van der Waals surface area contributed by atoms with Crippen LogP contribution in [0.5, 0.6) is 0 Å². The molecule has 3 heterocycles. The van der Waals surface area contributed by atoms with Crippen LogP contribution in [-0.4, -0.2) is 66.4 Å². The van der Waals surface area contributed by atoms with E-state index in [0.29, 0.717) is 12.3 Å². The van der Waals surface area contributed by atoms with E-state index >= 15 is 0 Å². The molecule has 0 spiro atoms. The summed E-state index contributed by atoms with van der Waals surface area (Å²) in [5.74, 6) is 0.941. The van der Waals surface area contributed by atoms with E-state index in [0.717, 1.165) is 80.9 Å². The molecule has 29 heavy (non-hydrogen) atoms. The predicted molar refractivity (Wildman–Crippen MR) is 118 cm³/mol. The van der Waals surface area contributed by atoms with Gasteiger partial charge < -0.3 is 10.1 Å². The average molecular weight is 421 g/mol. The molecular formula is C22H33ClN4O2. The molecule has 2 aliphatic rings. The van der Waals surface area contributed by atoms with Gasteiger partial charge in [0.2, 0.25) is 0 Å². The van der Waals surface area contributed by atoms with E-state index < -0.39 is 0 Å². The SMILES string of the molecule is Cc1c(C(=O)CCCN2CCOCC2)ccc2nn(CC3CCNCC3)cc12.Cl. The molecule has 4 rings (SSSR count). The van der Waals surface area contributed by atoms with Crippen LogP contribution < -0.4 is 5.32 Å². The molecule has 6 nitrogen and oxygen atoms in total. The molecule has 160 valence electrons. The third-order valence-corrected chi connectivity index (χ3v) is 6.19. The molecule has 2 aromatic rings. The summed E-state index contributed by atoms with van der Waals surface area (Å²) in [7, 11) is 0. The van der Waals surface area contributed by atoms with Gasteiger partial charge in [-0.3, -0.25) is 14.4 Å². The van der Waals surface area contributed by atoms with Crippen LogP contribution in [0.15, 0.2) is 18.3 Å². The second kappa shape index (κ2) is 10.5. The molecule has 0 bridgehead atoms. The largest absolute Gasteiger partial charge is 0.379 e. The van der Waals surface area contributed by atoms with Crippen LogP contribution in [0.25, 0.3) is 10.9 Å². The average Bonchev–Trinajstić information content (AvgIpc) is 3.13. The summed E-state index contributed by atoms with van der Waals surface area (Å²) in [6.45, 7) is 9.81. The predicted octanol–water partition coefficient (Wildman–Crippen LogP) is 3.06. The molecule has 2 aliphatic heterocycles. The number of carbonyl (C=O) groups excluding carboxylic acids is 1. The first kappa shape index (κ1) is 22.2. The number of hydrogen-bond acceptors (Lipinski definition) is 5. The lowest BCUT2D eigenvalue weighted by molar-refractivity contribution is 0.0371. The summed E-state index contributed by atoms with van der Waals surface area (Å²) in [4.78, 5) is 15.2. The molecule has 2 fully saturated rings. The number of ketones is 1. The number of hydrogen-bond donors (Lipinski definition) is 1. The van der Waals surface area contributed by atoms with Gasteiger partial charge in [-0.25, -0.2) is 0 Å². The van der Waals surface area contributed by atoms with Crippen LogP contribution in [0.3, 0.4) is 0 Å². The highest BCUT2D eigenvalue weighted by Crippen LogP contribution is 2.24. The van der Waals surface area contributed by atoms with Gasteiger partial charge in [0.1, 0.15) is 0 Å². The van der Waals surface area contributed by atoms with E-state index in [1.807, 2.05) is 12.1 Å². The Morgan fingerprint density at radius 3 is 2.76 bits per heavy atom. The quantitative estimate of drug-likeness (QED) is 0.697. The molecule has 0 amide bonds. The van der Waals surface area contributed by atoms with Crippen molar-refractivity contribution in [3.63, 3.8) is 0 Å². The Kier molecular flexibility index (Phi) is 8.07. The molecule has 1 N–H and O–H groups in total. The van der Waals surface area contributed by atoms with E-state index in [2.05, 4.69) is 28.0 Å². The van der Waals surface area contributed by atoms with Crippen molar-refractivity contribution in [2.24, 2.45) is 5.92 Å². The number of nitrogens with one attached hydrogen (secondary N) is 1. The first-order valence-electron chi connectivity index (χ1n) is 10.7. The van der Waals surface area contributed by atoms with Crippen LogP contribution in [0.4, 0.5) is 0 Å². The highest BCUT2D eigenvalue weighted by molar-refractivity contribution is 6.01. The van der Waals surface area contributed by atoms with Gasteiger partial charge in [0.25, 0.3) is 0 Å². The monoisotopic (exact) mass is 420 g/mol. The van der Waals surface area contributed by atoms with E-state index in [9.17, 15) is 4.79 Å². The van der Waals surface area contributed by atoms with Crippen LogP contribution in [0.1, 0.15) is 41.6 Å². The van der Waals surface area contributed by atoms with Crippen molar-refractivity contribution in [1.82, 2.24) is 20.0 Å². The Bertz CT molecular complexity index is 810. The number of piperidine rings is 1. The van der Waals surface area contributed by atoms with Gasteiger partial charge in [-0.05, 0) is 69.4 Å². The zero-order valence-corrected chi connectivity index (χ0v) is 18.2. The fourth-order valence-corrected chi connectivity index (χ4v) is 4.43.